The molecule has 2 radical (unpaired) electrons. The number of nitrogens with two attached hydrogens (primary N) is 1. The number of urea groups is 1. The van der Waals surface area contributed by atoms with Crippen molar-refractivity contribution in [3.05, 3.63) is 89.1 Å². The molecule has 69 heavy (non-hydrogen) atoms. The van der Waals surface area contributed by atoms with Gasteiger partial charge in [-0.25, -0.2) is 14.4 Å². The number of carbonyl (C=O) groups excluding carboxylic acids is 6. The van der Waals surface area contributed by atoms with Crippen molar-refractivity contribution in [1.82, 2.24) is 25.8 Å². The molecule has 21 nitrogen and oxygen atoms in total. The molecule has 0 saturated heterocycles. The summed E-state index contributed by atoms with van der Waals surface area (Å²) in [5.74, 6) is -4.20. The minimum Gasteiger partial charge on any atom is -0.496 e. The van der Waals surface area contributed by atoms with Crippen molar-refractivity contribution < 1.29 is 55.9 Å². The second kappa shape index (κ2) is 23.7. The van der Waals surface area contributed by atoms with Crippen LogP contribution < -0.4 is 42.5 Å². The molecule has 1 aromatic heterocycles. The molecule has 0 aliphatic carbocycles. The summed E-state index contributed by atoms with van der Waals surface area (Å²) >= 11 is 0. The molecule has 0 spiro atoms. The number of hydrogen-bond donors (Lipinski definition) is 7. The van der Waals surface area contributed by atoms with E-state index in [1.165, 1.54) is 56.9 Å². The number of nitrogens with one attached hydrogen (secondary N) is 5. The Hall–Kier alpha value is -7.89. The molecular weight excluding hydrogens is 913 g/mol. The lowest BCUT2D eigenvalue weighted by Crippen LogP contribution is -2.59. The van der Waals surface area contributed by atoms with Crippen molar-refractivity contribution in [2.24, 2.45) is 11.7 Å². The molecule has 0 saturated carbocycles. The zero-order valence-corrected chi connectivity index (χ0v) is 39.4. The Bertz CT molecular complexity index is 2810. The number of fused-ring (bicyclic) bond motifs is 1. The highest BCUT2D eigenvalue weighted by molar-refractivity contribution is 7.85. The Morgan fingerprint density at radius 1 is 0.928 bits per heavy atom. The van der Waals surface area contributed by atoms with E-state index in [0.29, 0.717) is 44.4 Å². The average Bonchev–Trinajstić information content (AvgIpc) is 3.64. The Morgan fingerprint density at radius 3 is 2.22 bits per heavy atom. The number of rotatable bonds is 19. The van der Waals surface area contributed by atoms with Crippen molar-refractivity contribution in [2.45, 2.75) is 77.8 Å². The summed E-state index contributed by atoms with van der Waals surface area (Å²) in [5.41, 5.74) is 7.01. The summed E-state index contributed by atoms with van der Waals surface area (Å²) in [5, 5.41) is 32.3. The zero-order valence-electron chi connectivity index (χ0n) is 38.6. The normalized spacial score (nSPS) is 12.9. The highest BCUT2D eigenvalue weighted by Crippen LogP contribution is 2.31. The van der Waals surface area contributed by atoms with Gasteiger partial charge in [-0.1, -0.05) is 43.6 Å². The lowest BCUT2D eigenvalue weighted by molar-refractivity contribution is -0.132. The van der Waals surface area contributed by atoms with Crippen LogP contribution in [0.2, 0.25) is 0 Å². The van der Waals surface area contributed by atoms with Crippen LogP contribution in [0.3, 0.4) is 0 Å². The molecule has 362 valence electrons. The molecule has 0 fully saturated rings. The molecule has 6 amide bonds. The number of primary amides is 1. The minimum atomic E-state index is -4.83. The van der Waals surface area contributed by atoms with E-state index in [0.717, 1.165) is 0 Å². The lowest BCUT2D eigenvalue weighted by atomic mass is 9.93. The van der Waals surface area contributed by atoms with Gasteiger partial charge in [-0.05, 0) is 87.6 Å². The van der Waals surface area contributed by atoms with Crippen molar-refractivity contribution in [3.8, 4) is 17.9 Å². The topological polar surface area (TPSA) is 323 Å². The van der Waals surface area contributed by atoms with E-state index < -0.39 is 81.5 Å². The summed E-state index contributed by atoms with van der Waals surface area (Å²) in [6.07, 6.45) is 1.15. The van der Waals surface area contributed by atoms with Gasteiger partial charge < -0.3 is 46.5 Å². The summed E-state index contributed by atoms with van der Waals surface area (Å²) in [7, 11) is 2.73. The summed E-state index contributed by atoms with van der Waals surface area (Å²) in [4.78, 5) is 78.1. The van der Waals surface area contributed by atoms with E-state index in [9.17, 15) is 52.3 Å². The third kappa shape index (κ3) is 16.2. The summed E-state index contributed by atoms with van der Waals surface area (Å²) in [6.45, 7) is 7.53. The van der Waals surface area contributed by atoms with E-state index in [1.54, 1.807) is 62.4 Å². The van der Waals surface area contributed by atoms with Gasteiger partial charge in [0.05, 0.1) is 35.9 Å². The van der Waals surface area contributed by atoms with E-state index >= 15 is 0 Å². The molecule has 1 heterocycles. The fourth-order valence-electron chi connectivity index (χ4n) is 6.66. The number of carbonyl (C=O) groups is 6. The van der Waals surface area contributed by atoms with Crippen LogP contribution in [-0.4, -0.2) is 104 Å². The number of nitriles is 2. The number of methoxy groups -OCH3 is 1. The Morgan fingerprint density at radius 2 is 1.62 bits per heavy atom. The summed E-state index contributed by atoms with van der Waals surface area (Å²) < 4.78 is 50.5. The van der Waals surface area contributed by atoms with E-state index in [4.69, 9.17) is 27.8 Å². The quantitative estimate of drug-likeness (QED) is 0.0307. The number of nitrogens with zero attached hydrogens (tertiary/aromatic N) is 3. The van der Waals surface area contributed by atoms with Crippen LogP contribution in [-0.2, 0) is 40.6 Å². The molecule has 1 unspecified atom stereocenters. The number of benzene rings is 3. The smallest absolute Gasteiger partial charge is 0.418 e. The largest absolute Gasteiger partial charge is 0.496 e. The van der Waals surface area contributed by atoms with Crippen molar-refractivity contribution >= 4 is 87.6 Å². The third-order valence-corrected chi connectivity index (χ3v) is 10.7. The number of anilines is 1. The van der Waals surface area contributed by atoms with Gasteiger partial charge in [0, 0.05) is 34.9 Å². The van der Waals surface area contributed by atoms with Crippen molar-refractivity contribution in [1.29, 1.82) is 10.5 Å². The van der Waals surface area contributed by atoms with Crippen LogP contribution in [0.15, 0.2) is 66.9 Å². The van der Waals surface area contributed by atoms with Crippen LogP contribution in [0.1, 0.15) is 69.7 Å². The van der Waals surface area contributed by atoms with Crippen LogP contribution in [0.4, 0.5) is 20.1 Å². The van der Waals surface area contributed by atoms with Gasteiger partial charge in [-0.2, -0.15) is 18.9 Å². The maximum atomic E-state index is 13.7. The van der Waals surface area contributed by atoms with Gasteiger partial charge in [0.15, 0.2) is 0 Å². The molecule has 8 N–H and O–H groups in total. The highest BCUT2D eigenvalue weighted by atomic mass is 32.2. The van der Waals surface area contributed by atoms with Gasteiger partial charge in [0.1, 0.15) is 49.7 Å². The Kier molecular flexibility index (Phi) is 18.5. The molecule has 3 aromatic carbocycles. The van der Waals surface area contributed by atoms with E-state index in [1.807, 2.05) is 0 Å². The Labute approximate surface area is 399 Å². The van der Waals surface area contributed by atoms with Gasteiger partial charge in [0.25, 0.3) is 10.1 Å². The molecular formula is C46H52BN9O12S. The molecule has 4 rings (SSSR count). The van der Waals surface area contributed by atoms with Gasteiger partial charge in [-0.15, -0.1) is 0 Å². The second-order valence-corrected chi connectivity index (χ2v) is 18.3. The molecule has 0 aliphatic rings. The number of allylic oxidation sites excluding steroid dienone is 1. The first-order chi connectivity index (χ1) is 32.4. The lowest BCUT2D eigenvalue weighted by Gasteiger charge is -2.27. The first kappa shape index (κ1) is 53.7. The molecule has 4 aromatic rings. The monoisotopic (exact) mass is 965 g/mol. The second-order valence-electron chi connectivity index (χ2n) is 16.8. The van der Waals surface area contributed by atoms with Crippen LogP contribution in [0, 0.1) is 28.6 Å². The number of ether oxygens (including phenoxy) is 3. The first-order valence-corrected chi connectivity index (χ1v) is 22.8. The van der Waals surface area contributed by atoms with E-state index in [2.05, 4.69) is 38.7 Å². The standard InChI is InChI=1S/C46H52BN9O12S/c1-26(2)39(55-41(58)36(25-69(63,64)65)54-44(61)68-46(3,4)5)42(59)53-35(8-7-17-51-43(50)60)40(57)52-32-13-9-27(10-14-32)24-67-45(62)56-23-34(33-20-31(47)12-15-37(33)56)30(22-49)19-29-18-28(21-48)11-16-38(29)66-6/h9-16,18-20,23,26,35-36,39H,7-8,17,24-25H2,1-6H3,(H,52,57)(H,53,59)(H,54,61)(H,55,58)(H3,50,51,60)(H,63,64,65)/b30-19+/t35-,36?,39-/m0/s1. The number of amides is 6. The number of aromatic nitrogens is 1. The van der Waals surface area contributed by atoms with Crippen molar-refractivity contribution in [2.75, 3.05) is 24.7 Å². The minimum absolute atomic E-state index is 0.0349. The van der Waals surface area contributed by atoms with Gasteiger partial charge >= 0.3 is 18.2 Å². The fraction of sp³-hybridized carbons (Fsp3) is 0.348. The fourth-order valence-corrected chi connectivity index (χ4v) is 7.32. The molecule has 0 aliphatic heterocycles. The average molecular weight is 966 g/mol. The predicted molar refractivity (Wildman–Crippen MR) is 254 cm³/mol. The van der Waals surface area contributed by atoms with Crippen LogP contribution >= 0.6 is 0 Å². The summed E-state index contributed by atoms with van der Waals surface area (Å²) in [6, 6.07) is 14.6. The van der Waals surface area contributed by atoms with E-state index in [-0.39, 0.29) is 37.3 Å². The molecule has 3 atom stereocenters. The Balaban J connectivity index is 1.49. The molecule has 0 bridgehead atoms. The maximum absolute atomic E-state index is 13.7. The van der Waals surface area contributed by atoms with Crippen molar-refractivity contribution in [3.63, 3.8) is 0 Å². The molecule has 23 heteroatoms. The van der Waals surface area contributed by atoms with Gasteiger partial charge in [-0.3, -0.25) is 23.5 Å². The highest BCUT2D eigenvalue weighted by Gasteiger charge is 2.34. The zero-order chi connectivity index (χ0) is 51.2. The number of alkyl carbamates (subject to hydrolysis) is 1. The van der Waals surface area contributed by atoms with Crippen LogP contribution in [0.25, 0.3) is 22.6 Å². The number of hydrogen-bond acceptors (Lipinski definition) is 13. The predicted octanol–water partition coefficient (Wildman–Crippen LogP) is 3.36. The van der Waals surface area contributed by atoms with Crippen LogP contribution in [0.5, 0.6) is 5.75 Å². The first-order valence-electron chi connectivity index (χ1n) is 21.2. The van der Waals surface area contributed by atoms with Gasteiger partial charge in [0.2, 0.25) is 17.7 Å². The third-order valence-electron chi connectivity index (χ3n) is 9.91. The maximum Gasteiger partial charge on any atom is 0.418 e. The SMILES string of the molecule is [B]c1ccc2c(c1)c(/C(C#N)=C/c1cc(C#N)ccc1OC)cn2C(=O)OCc1ccc(NC(=O)[C@H](CCCNC(N)=O)NC(=O)[C@@H](NC(=O)C(CS(=O)(=O)O)NC(=O)OC(C)(C)C)C(C)C)cc1.